The van der Waals surface area contributed by atoms with Crippen LogP contribution in [0.25, 0.3) is 0 Å². The molecule has 2 heterocycles. The van der Waals surface area contributed by atoms with Crippen LogP contribution in [0, 0.1) is 11.3 Å². The van der Waals surface area contributed by atoms with Crippen molar-refractivity contribution in [3.8, 4) is 6.07 Å². The van der Waals surface area contributed by atoms with Crippen LogP contribution in [-0.4, -0.2) is 73.2 Å². The SMILES string of the molecule is COCC[N+](C)(C)Cc1cc(C#N)ccc1C1C(C(=O)OC)=C(C)N(c2cccc(C(F)(F)F)c2)c2n[nH]c(=O)n21.O=C[O-]. The van der Waals surface area contributed by atoms with E-state index < -0.39 is 35.9 Å². The van der Waals surface area contributed by atoms with Crippen molar-refractivity contribution < 1.29 is 41.8 Å². The minimum atomic E-state index is -4.62. The number of hydrogen-bond acceptors (Lipinski definition) is 9. The Morgan fingerprint density at radius 3 is 2.50 bits per heavy atom. The zero-order chi connectivity index (χ0) is 32.8. The first-order valence-corrected chi connectivity index (χ1v) is 13.1. The van der Waals surface area contributed by atoms with Crippen molar-refractivity contribution in [2.75, 3.05) is 46.4 Å². The van der Waals surface area contributed by atoms with Gasteiger partial charge in [-0.05, 0) is 42.8 Å². The molecule has 12 nitrogen and oxygen atoms in total. The second-order valence-electron chi connectivity index (χ2n) is 10.4. The molecule has 0 saturated heterocycles. The van der Waals surface area contributed by atoms with Gasteiger partial charge in [0.1, 0.15) is 19.1 Å². The molecule has 234 valence electrons. The summed E-state index contributed by atoms with van der Waals surface area (Å²) in [5.41, 5.74) is 0.354. The molecule has 1 aliphatic heterocycles. The summed E-state index contributed by atoms with van der Waals surface area (Å²) in [6.07, 6.45) is -4.62. The summed E-state index contributed by atoms with van der Waals surface area (Å²) in [4.78, 5) is 36.2. The Bertz CT molecular complexity index is 1650. The van der Waals surface area contributed by atoms with Crippen LogP contribution in [0.1, 0.15) is 35.2 Å². The molecule has 3 aromatic rings. The van der Waals surface area contributed by atoms with Gasteiger partial charge < -0.3 is 23.9 Å². The first-order valence-electron chi connectivity index (χ1n) is 13.1. The van der Waals surface area contributed by atoms with E-state index in [-0.39, 0.29) is 22.9 Å². The third-order valence-corrected chi connectivity index (χ3v) is 7.05. The number of nitriles is 1. The number of carboxylic acid groups (broad SMARTS) is 1. The first kappa shape index (κ1) is 33.6. The molecule has 44 heavy (non-hydrogen) atoms. The highest BCUT2D eigenvalue weighted by atomic mass is 19.4. The number of nitrogens with zero attached hydrogens (tertiary/aromatic N) is 5. The Morgan fingerprint density at radius 2 is 1.91 bits per heavy atom. The molecule has 1 atom stereocenters. The summed E-state index contributed by atoms with van der Waals surface area (Å²) in [5, 5.41) is 24.4. The maximum Gasteiger partial charge on any atom is 0.416 e. The van der Waals surface area contributed by atoms with Gasteiger partial charge in [0.25, 0.3) is 0 Å². The Balaban J connectivity index is 0.00000169. The van der Waals surface area contributed by atoms with Crippen LogP contribution in [0.15, 0.2) is 58.5 Å². The molecule has 1 N–H and O–H groups in total. The lowest BCUT2D eigenvalue weighted by Crippen LogP contribution is -2.42. The number of quaternary nitrogens is 1. The van der Waals surface area contributed by atoms with Crippen LogP contribution in [0.2, 0.25) is 0 Å². The molecule has 0 saturated carbocycles. The zero-order valence-corrected chi connectivity index (χ0v) is 24.6. The number of aromatic nitrogens is 3. The highest BCUT2D eigenvalue weighted by Crippen LogP contribution is 2.43. The Kier molecular flexibility index (Phi) is 10.4. The molecule has 0 spiro atoms. The summed E-state index contributed by atoms with van der Waals surface area (Å²) in [5.74, 6) is -0.778. The number of fused-ring (bicyclic) bond motifs is 1. The molecule has 4 rings (SSSR count). The number of alkyl halides is 3. The van der Waals surface area contributed by atoms with Gasteiger partial charge in [-0.2, -0.15) is 18.4 Å². The number of H-pyrrole nitrogens is 1. The van der Waals surface area contributed by atoms with E-state index >= 15 is 0 Å². The lowest BCUT2D eigenvalue weighted by atomic mass is 9.89. The minimum Gasteiger partial charge on any atom is -0.554 e. The van der Waals surface area contributed by atoms with E-state index in [2.05, 4.69) is 16.3 Å². The van der Waals surface area contributed by atoms with E-state index in [0.29, 0.717) is 40.9 Å². The standard InChI is InChI=1S/C28H29F3N6O4.CH2O2/c1-17-23(25(38)41-5)24(22-10-9-18(15-32)13-19(22)16-37(2,3)11-12-40-4)36-26(33-34-27(36)39)35(17)21-8-6-7-20(14-21)28(29,30)31;2-1-3/h6-10,13-14,24H,11-12,16H2,1-5H3;1H,(H,2,3). The number of carbonyl (C=O) groups is 2. The summed E-state index contributed by atoms with van der Waals surface area (Å²) < 4.78 is 52.8. The highest BCUT2D eigenvalue weighted by molar-refractivity contribution is 5.93. The van der Waals surface area contributed by atoms with Gasteiger partial charge in [0.15, 0.2) is 0 Å². The van der Waals surface area contributed by atoms with Crippen molar-refractivity contribution in [3.05, 3.63) is 86.5 Å². The Hall–Kier alpha value is -4.94. The van der Waals surface area contributed by atoms with Crippen LogP contribution in [-0.2, 0) is 31.8 Å². The lowest BCUT2D eigenvalue weighted by molar-refractivity contribution is -0.904. The minimum absolute atomic E-state index is 0.00656. The average Bonchev–Trinajstić information content (AvgIpc) is 3.35. The normalized spacial score (nSPS) is 14.7. The second-order valence-corrected chi connectivity index (χ2v) is 10.4. The molecule has 1 unspecified atom stereocenters. The van der Waals surface area contributed by atoms with Crippen LogP contribution in [0.3, 0.4) is 0 Å². The molecular weight excluding hydrogens is 585 g/mol. The van der Waals surface area contributed by atoms with Gasteiger partial charge in [0, 0.05) is 30.5 Å². The van der Waals surface area contributed by atoms with Gasteiger partial charge in [0.05, 0.1) is 50.6 Å². The number of carbonyl (C=O) groups excluding carboxylic acids is 2. The topological polar surface area (TPSA) is 153 Å². The average molecular weight is 617 g/mol. The number of aromatic amines is 1. The zero-order valence-electron chi connectivity index (χ0n) is 24.6. The maximum atomic E-state index is 13.6. The summed E-state index contributed by atoms with van der Waals surface area (Å²) in [6, 6.07) is 10.6. The van der Waals surface area contributed by atoms with Gasteiger partial charge in [-0.25, -0.2) is 19.3 Å². The molecular formula is C29H31F3N6O6. The van der Waals surface area contributed by atoms with Crippen molar-refractivity contribution >= 4 is 24.1 Å². The molecule has 0 bridgehead atoms. The van der Waals surface area contributed by atoms with Crippen molar-refractivity contribution in [2.45, 2.75) is 25.7 Å². The number of likely N-dealkylation sites (N-methyl/N-ethyl adjacent to an activating group) is 1. The molecule has 0 aliphatic carbocycles. The smallest absolute Gasteiger partial charge is 0.416 e. The monoisotopic (exact) mass is 616 g/mol. The van der Waals surface area contributed by atoms with E-state index in [1.807, 2.05) is 14.1 Å². The number of nitrogens with one attached hydrogen (secondary N) is 1. The van der Waals surface area contributed by atoms with Gasteiger partial charge >= 0.3 is 17.8 Å². The van der Waals surface area contributed by atoms with Crippen LogP contribution in [0.4, 0.5) is 24.8 Å². The number of hydrogen-bond donors (Lipinski definition) is 1. The molecule has 0 radical (unpaired) electrons. The van der Waals surface area contributed by atoms with Crippen molar-refractivity contribution in [1.82, 2.24) is 14.8 Å². The fourth-order valence-electron chi connectivity index (χ4n) is 5.04. The predicted octanol–water partition coefficient (Wildman–Crippen LogP) is 2.24. The molecule has 2 aromatic carbocycles. The van der Waals surface area contributed by atoms with Crippen LogP contribution < -0.4 is 15.7 Å². The van der Waals surface area contributed by atoms with Crippen molar-refractivity contribution in [3.63, 3.8) is 0 Å². The fourth-order valence-corrected chi connectivity index (χ4v) is 5.04. The van der Waals surface area contributed by atoms with Crippen LogP contribution in [0.5, 0.6) is 0 Å². The number of halogens is 3. The van der Waals surface area contributed by atoms with Crippen LogP contribution >= 0.6 is 0 Å². The Morgan fingerprint density at radius 1 is 1.23 bits per heavy atom. The predicted molar refractivity (Wildman–Crippen MR) is 149 cm³/mol. The van der Waals surface area contributed by atoms with Crippen molar-refractivity contribution in [2.24, 2.45) is 0 Å². The Labute approximate surface area is 250 Å². The van der Waals surface area contributed by atoms with E-state index in [9.17, 15) is 28.0 Å². The summed E-state index contributed by atoms with van der Waals surface area (Å²) in [6.45, 7) is 2.59. The first-order chi connectivity index (χ1) is 20.7. The number of benzene rings is 2. The maximum absolute atomic E-state index is 13.6. The highest BCUT2D eigenvalue weighted by Gasteiger charge is 2.41. The third-order valence-electron chi connectivity index (χ3n) is 7.05. The third kappa shape index (κ3) is 6.99. The van der Waals surface area contributed by atoms with Gasteiger partial charge in [-0.15, -0.1) is 5.10 Å². The summed E-state index contributed by atoms with van der Waals surface area (Å²) >= 11 is 0. The molecule has 0 amide bonds. The van der Waals surface area contributed by atoms with E-state index in [1.165, 1.54) is 28.7 Å². The molecule has 0 fully saturated rings. The number of anilines is 2. The van der Waals surface area contributed by atoms with E-state index in [0.717, 1.165) is 12.1 Å². The number of methoxy groups -OCH3 is 2. The van der Waals surface area contributed by atoms with Gasteiger partial charge in [0.2, 0.25) is 5.95 Å². The van der Waals surface area contributed by atoms with E-state index in [4.69, 9.17) is 19.4 Å². The number of ether oxygens (including phenoxy) is 2. The molecule has 1 aromatic heterocycles. The number of esters is 1. The quantitative estimate of drug-likeness (QED) is 0.228. The second kappa shape index (κ2) is 13.6. The number of allylic oxidation sites excluding steroid dienone is 1. The molecule has 1 aliphatic rings. The molecule has 15 heteroatoms. The summed E-state index contributed by atoms with van der Waals surface area (Å²) in [7, 11) is 6.75. The largest absolute Gasteiger partial charge is 0.554 e. The number of rotatable bonds is 8. The van der Waals surface area contributed by atoms with E-state index in [1.54, 1.807) is 32.2 Å². The fraction of sp³-hybridized carbons (Fsp3) is 0.345. The van der Waals surface area contributed by atoms with Gasteiger partial charge in [-0.3, -0.25) is 4.90 Å². The van der Waals surface area contributed by atoms with Crippen molar-refractivity contribution in [1.29, 1.82) is 5.26 Å². The van der Waals surface area contributed by atoms with Gasteiger partial charge in [-0.1, -0.05) is 12.1 Å². The lowest BCUT2D eigenvalue weighted by Gasteiger charge is -2.37.